The summed E-state index contributed by atoms with van der Waals surface area (Å²) in [6.07, 6.45) is 3.17. The standard InChI is InChI=1S/C23H29N3O6S/c1-31-15-16-32-23(28)25-20-8-6-7-19(17-20)24-22(27)18-9-11-21(12-10-18)33(29,30)26-13-4-2-3-5-14-26/h6-12,17H,2-5,13-16H2,1H3,(H,24,27)(H,25,28). The van der Waals surface area contributed by atoms with Crippen LogP contribution in [0.3, 0.4) is 0 Å². The number of nitrogens with one attached hydrogen (secondary N) is 2. The highest BCUT2D eigenvalue weighted by Gasteiger charge is 2.25. The van der Waals surface area contributed by atoms with Gasteiger partial charge in [-0.05, 0) is 55.3 Å². The van der Waals surface area contributed by atoms with Crippen molar-refractivity contribution in [1.29, 1.82) is 0 Å². The Balaban J connectivity index is 1.62. The summed E-state index contributed by atoms with van der Waals surface area (Å²) in [6.45, 7) is 1.47. The van der Waals surface area contributed by atoms with Crippen LogP contribution < -0.4 is 10.6 Å². The van der Waals surface area contributed by atoms with Crippen LogP contribution in [0.15, 0.2) is 53.4 Å². The van der Waals surface area contributed by atoms with Crippen LogP contribution in [-0.4, -0.2) is 58.1 Å². The number of nitrogens with zero attached hydrogens (tertiary/aromatic N) is 1. The number of rotatable bonds is 8. The van der Waals surface area contributed by atoms with Crippen molar-refractivity contribution in [2.75, 3.05) is 44.0 Å². The summed E-state index contributed by atoms with van der Waals surface area (Å²) < 4.78 is 37.1. The molecule has 2 N–H and O–H groups in total. The van der Waals surface area contributed by atoms with E-state index in [-0.39, 0.29) is 11.5 Å². The molecule has 0 radical (unpaired) electrons. The molecule has 33 heavy (non-hydrogen) atoms. The van der Waals surface area contributed by atoms with E-state index in [9.17, 15) is 18.0 Å². The van der Waals surface area contributed by atoms with Crippen molar-refractivity contribution in [3.05, 3.63) is 54.1 Å². The molecule has 0 aromatic heterocycles. The van der Waals surface area contributed by atoms with Gasteiger partial charge in [0, 0.05) is 37.1 Å². The summed E-state index contributed by atoms with van der Waals surface area (Å²) in [5, 5.41) is 5.32. The number of hydrogen-bond donors (Lipinski definition) is 2. The number of ether oxygens (including phenoxy) is 2. The monoisotopic (exact) mass is 475 g/mol. The van der Waals surface area contributed by atoms with Gasteiger partial charge in [0.15, 0.2) is 0 Å². The summed E-state index contributed by atoms with van der Waals surface area (Å²) in [6, 6.07) is 12.5. The molecule has 10 heteroatoms. The van der Waals surface area contributed by atoms with E-state index in [1.807, 2.05) is 0 Å². The van der Waals surface area contributed by atoms with E-state index in [1.165, 1.54) is 35.7 Å². The summed E-state index contributed by atoms with van der Waals surface area (Å²) in [7, 11) is -2.06. The number of methoxy groups -OCH3 is 1. The molecule has 0 atom stereocenters. The Morgan fingerprint density at radius 1 is 0.909 bits per heavy atom. The molecule has 0 spiro atoms. The average Bonchev–Trinajstić information content (AvgIpc) is 3.10. The molecule has 9 nitrogen and oxygen atoms in total. The third kappa shape index (κ3) is 7.01. The molecule has 1 heterocycles. The maximum absolute atomic E-state index is 12.9. The van der Waals surface area contributed by atoms with E-state index < -0.39 is 22.0 Å². The molecule has 3 rings (SSSR count). The van der Waals surface area contributed by atoms with Gasteiger partial charge in [-0.25, -0.2) is 13.2 Å². The van der Waals surface area contributed by atoms with Gasteiger partial charge in [0.1, 0.15) is 6.61 Å². The minimum atomic E-state index is -3.57. The largest absolute Gasteiger partial charge is 0.447 e. The maximum Gasteiger partial charge on any atom is 0.411 e. The molecule has 2 amide bonds. The summed E-state index contributed by atoms with van der Waals surface area (Å²) in [4.78, 5) is 24.6. The average molecular weight is 476 g/mol. The van der Waals surface area contributed by atoms with E-state index in [0.29, 0.717) is 36.6 Å². The molecular formula is C23H29N3O6S. The lowest BCUT2D eigenvalue weighted by Crippen LogP contribution is -2.31. The third-order valence-electron chi connectivity index (χ3n) is 5.21. The molecule has 2 aromatic rings. The lowest BCUT2D eigenvalue weighted by Gasteiger charge is -2.20. The Hall–Kier alpha value is -2.95. The zero-order valence-electron chi connectivity index (χ0n) is 18.6. The zero-order valence-corrected chi connectivity index (χ0v) is 19.4. The van der Waals surface area contributed by atoms with Crippen LogP contribution in [0.4, 0.5) is 16.2 Å². The molecular weight excluding hydrogens is 446 g/mol. The van der Waals surface area contributed by atoms with Crippen LogP contribution in [-0.2, 0) is 19.5 Å². The highest BCUT2D eigenvalue weighted by atomic mass is 32.2. The highest BCUT2D eigenvalue weighted by molar-refractivity contribution is 7.89. The van der Waals surface area contributed by atoms with Crippen molar-refractivity contribution in [3.8, 4) is 0 Å². The first-order valence-electron chi connectivity index (χ1n) is 10.8. The highest BCUT2D eigenvalue weighted by Crippen LogP contribution is 2.21. The predicted octanol–water partition coefficient (Wildman–Crippen LogP) is 3.70. The second kappa shape index (κ2) is 11.8. The first-order chi connectivity index (χ1) is 15.9. The van der Waals surface area contributed by atoms with Crippen LogP contribution in [0.2, 0.25) is 0 Å². The lowest BCUT2D eigenvalue weighted by atomic mass is 10.2. The molecule has 2 aromatic carbocycles. The van der Waals surface area contributed by atoms with E-state index in [4.69, 9.17) is 9.47 Å². The van der Waals surface area contributed by atoms with E-state index >= 15 is 0 Å². The Morgan fingerprint density at radius 2 is 1.55 bits per heavy atom. The van der Waals surface area contributed by atoms with Crippen LogP contribution in [0, 0.1) is 0 Å². The van der Waals surface area contributed by atoms with Gasteiger partial charge in [-0.15, -0.1) is 0 Å². The number of anilines is 2. The Labute approximate surface area is 194 Å². The maximum atomic E-state index is 12.9. The molecule has 0 aliphatic carbocycles. The summed E-state index contributed by atoms with van der Waals surface area (Å²) in [5.41, 5.74) is 1.24. The van der Waals surface area contributed by atoms with Gasteiger partial charge in [0.05, 0.1) is 11.5 Å². The fourth-order valence-corrected chi connectivity index (χ4v) is 4.98. The minimum absolute atomic E-state index is 0.127. The van der Waals surface area contributed by atoms with Crippen molar-refractivity contribution in [2.45, 2.75) is 30.6 Å². The van der Waals surface area contributed by atoms with Crippen molar-refractivity contribution < 1.29 is 27.5 Å². The summed E-state index contributed by atoms with van der Waals surface area (Å²) >= 11 is 0. The number of sulfonamides is 1. The number of hydrogen-bond acceptors (Lipinski definition) is 6. The summed E-state index contributed by atoms with van der Waals surface area (Å²) in [5.74, 6) is -0.395. The van der Waals surface area contributed by atoms with Crippen LogP contribution in [0.5, 0.6) is 0 Å². The van der Waals surface area contributed by atoms with E-state index in [0.717, 1.165) is 25.7 Å². The second-order valence-electron chi connectivity index (χ2n) is 7.63. The molecule has 178 valence electrons. The molecule has 1 aliphatic heterocycles. The van der Waals surface area contributed by atoms with Gasteiger partial charge in [-0.2, -0.15) is 4.31 Å². The molecule has 0 saturated carbocycles. The van der Waals surface area contributed by atoms with Crippen molar-refractivity contribution >= 4 is 33.4 Å². The molecule has 1 aliphatic rings. The van der Waals surface area contributed by atoms with Gasteiger partial charge in [-0.3, -0.25) is 10.1 Å². The fourth-order valence-electron chi connectivity index (χ4n) is 3.46. The molecule has 0 bridgehead atoms. The van der Waals surface area contributed by atoms with Gasteiger partial charge in [0.25, 0.3) is 5.91 Å². The van der Waals surface area contributed by atoms with Gasteiger partial charge >= 0.3 is 6.09 Å². The number of carbonyl (C=O) groups is 2. The first-order valence-corrected chi connectivity index (χ1v) is 12.3. The molecule has 1 fully saturated rings. The SMILES string of the molecule is COCCOC(=O)Nc1cccc(NC(=O)c2ccc(S(=O)(=O)N3CCCCCC3)cc2)c1. The van der Waals surface area contributed by atoms with E-state index in [2.05, 4.69) is 10.6 Å². The Morgan fingerprint density at radius 3 is 2.18 bits per heavy atom. The van der Waals surface area contributed by atoms with Crippen LogP contribution >= 0.6 is 0 Å². The minimum Gasteiger partial charge on any atom is -0.447 e. The number of carbonyl (C=O) groups excluding carboxylic acids is 2. The zero-order chi connectivity index (χ0) is 23.7. The van der Waals surface area contributed by atoms with Crippen molar-refractivity contribution in [1.82, 2.24) is 4.31 Å². The second-order valence-corrected chi connectivity index (χ2v) is 9.57. The quantitative estimate of drug-likeness (QED) is 0.563. The van der Waals surface area contributed by atoms with Crippen molar-refractivity contribution in [2.24, 2.45) is 0 Å². The Bertz CT molecular complexity index is 1050. The molecule has 0 unspecified atom stereocenters. The number of benzene rings is 2. The number of amides is 2. The Kier molecular flexibility index (Phi) is 8.81. The van der Waals surface area contributed by atoms with Gasteiger partial charge < -0.3 is 14.8 Å². The first kappa shape index (κ1) is 24.7. The van der Waals surface area contributed by atoms with Crippen LogP contribution in [0.25, 0.3) is 0 Å². The fraction of sp³-hybridized carbons (Fsp3) is 0.391. The van der Waals surface area contributed by atoms with Gasteiger partial charge in [0.2, 0.25) is 10.0 Å². The third-order valence-corrected chi connectivity index (χ3v) is 7.12. The lowest BCUT2D eigenvalue weighted by molar-refractivity contribution is 0.102. The van der Waals surface area contributed by atoms with Gasteiger partial charge in [-0.1, -0.05) is 18.9 Å². The topological polar surface area (TPSA) is 114 Å². The predicted molar refractivity (Wildman–Crippen MR) is 125 cm³/mol. The molecule has 1 saturated heterocycles. The smallest absolute Gasteiger partial charge is 0.411 e. The normalized spacial score (nSPS) is 14.8. The van der Waals surface area contributed by atoms with E-state index in [1.54, 1.807) is 24.3 Å². The van der Waals surface area contributed by atoms with Crippen LogP contribution in [0.1, 0.15) is 36.0 Å². The van der Waals surface area contributed by atoms with Crippen molar-refractivity contribution in [3.63, 3.8) is 0 Å².